The van der Waals surface area contributed by atoms with Crippen LogP contribution in [0.5, 0.6) is 11.5 Å². The molecule has 4 rings (SSSR count). The van der Waals surface area contributed by atoms with E-state index in [1.807, 2.05) is 0 Å². The molecule has 1 saturated carbocycles. The van der Waals surface area contributed by atoms with Crippen LogP contribution < -0.4 is 14.8 Å². The highest BCUT2D eigenvalue weighted by Crippen LogP contribution is 2.45. The van der Waals surface area contributed by atoms with E-state index in [0.29, 0.717) is 35.8 Å². The van der Waals surface area contributed by atoms with E-state index in [2.05, 4.69) is 10.3 Å². The molecule has 1 unspecified atom stereocenters. The van der Waals surface area contributed by atoms with Crippen molar-refractivity contribution >= 4 is 30.0 Å². The van der Waals surface area contributed by atoms with E-state index in [1.54, 1.807) is 55.8 Å². The summed E-state index contributed by atoms with van der Waals surface area (Å²) in [4.78, 5) is 27.2. The monoisotopic (exact) mass is 564 g/mol. The number of ether oxygens (including phenoxy) is 3. The summed E-state index contributed by atoms with van der Waals surface area (Å²) in [6, 6.07) is 11.4. The highest BCUT2D eigenvalue weighted by molar-refractivity contribution is 7.52. The summed E-state index contributed by atoms with van der Waals surface area (Å²) >= 11 is 1.13. The Balaban J connectivity index is 1.48. The number of anilines is 1. The molecule has 0 bridgehead atoms. The molecule has 1 heterocycles. The molecule has 0 aliphatic heterocycles. The Morgan fingerprint density at radius 3 is 2.71 bits per heavy atom. The molecule has 12 heteroatoms. The fourth-order valence-corrected chi connectivity index (χ4v) is 5.71. The van der Waals surface area contributed by atoms with Crippen molar-refractivity contribution in [2.24, 2.45) is 0 Å². The fraction of sp³-hybridized carbons (Fsp3) is 0.385. The number of hydrogen-bond acceptors (Lipinski definition) is 8. The number of nitrogens with zero attached hydrogens (tertiary/aromatic N) is 1. The van der Waals surface area contributed by atoms with Crippen molar-refractivity contribution in [3.05, 3.63) is 70.5 Å². The van der Waals surface area contributed by atoms with Gasteiger partial charge in [0.25, 0.3) is 5.91 Å². The van der Waals surface area contributed by atoms with E-state index in [4.69, 9.17) is 18.7 Å². The molecule has 2 aromatic carbocycles. The van der Waals surface area contributed by atoms with Gasteiger partial charge in [-0.05, 0) is 43.5 Å². The smallest absolute Gasteiger partial charge is 0.334 e. The summed E-state index contributed by atoms with van der Waals surface area (Å²) in [7, 11) is -2.19. The SMILES string of the molecule is CCOP(=O)(O)Cc1csc(NC(=O)c2cc(OCCc3ccccc3F)cc(OC3(COC)CC3)c2)n1. The lowest BCUT2D eigenvalue weighted by Gasteiger charge is -2.19. The van der Waals surface area contributed by atoms with Gasteiger partial charge in [-0.15, -0.1) is 11.3 Å². The van der Waals surface area contributed by atoms with Gasteiger partial charge in [-0.3, -0.25) is 14.7 Å². The predicted molar refractivity (Wildman–Crippen MR) is 142 cm³/mol. The van der Waals surface area contributed by atoms with Crippen LogP contribution in [-0.2, 0) is 26.4 Å². The van der Waals surface area contributed by atoms with Crippen LogP contribution >= 0.6 is 18.9 Å². The van der Waals surface area contributed by atoms with Crippen LogP contribution in [0.1, 0.15) is 41.4 Å². The highest BCUT2D eigenvalue weighted by atomic mass is 32.1. The zero-order valence-electron chi connectivity index (χ0n) is 21.1. The van der Waals surface area contributed by atoms with Crippen LogP contribution in [0.4, 0.5) is 9.52 Å². The number of hydrogen-bond donors (Lipinski definition) is 2. The maximum absolute atomic E-state index is 14.0. The maximum Gasteiger partial charge on any atom is 0.334 e. The van der Waals surface area contributed by atoms with Crippen molar-refractivity contribution in [1.82, 2.24) is 4.98 Å². The first-order chi connectivity index (χ1) is 18.2. The average Bonchev–Trinajstić information content (AvgIpc) is 3.48. The van der Waals surface area contributed by atoms with Gasteiger partial charge in [0.05, 0.1) is 31.7 Å². The molecule has 9 nitrogen and oxygen atoms in total. The number of methoxy groups -OCH3 is 1. The number of rotatable bonds is 14. The van der Waals surface area contributed by atoms with Crippen molar-refractivity contribution in [2.75, 3.05) is 32.2 Å². The number of carbonyl (C=O) groups is 1. The Morgan fingerprint density at radius 1 is 1.24 bits per heavy atom. The average molecular weight is 565 g/mol. The first-order valence-electron chi connectivity index (χ1n) is 12.1. The van der Waals surface area contributed by atoms with Gasteiger partial charge >= 0.3 is 7.60 Å². The van der Waals surface area contributed by atoms with Crippen molar-refractivity contribution in [2.45, 2.75) is 37.9 Å². The van der Waals surface area contributed by atoms with E-state index in [1.165, 1.54) is 6.07 Å². The van der Waals surface area contributed by atoms with E-state index in [0.717, 1.165) is 24.2 Å². The van der Waals surface area contributed by atoms with Crippen LogP contribution in [0.25, 0.3) is 0 Å². The van der Waals surface area contributed by atoms with Crippen molar-refractivity contribution < 1.29 is 37.4 Å². The van der Waals surface area contributed by atoms with Gasteiger partial charge in [-0.2, -0.15) is 0 Å². The Bertz CT molecular complexity index is 1310. The number of benzene rings is 2. The summed E-state index contributed by atoms with van der Waals surface area (Å²) in [6.45, 7) is 2.36. The molecule has 1 aliphatic carbocycles. The quantitative estimate of drug-likeness (QED) is 0.249. The number of halogens is 1. The third-order valence-corrected chi connectivity index (χ3v) is 7.95. The number of aromatic nitrogens is 1. The lowest BCUT2D eigenvalue weighted by Crippen LogP contribution is -2.24. The molecular formula is C26H30FN2O7PS. The minimum Gasteiger partial charge on any atom is -0.493 e. The van der Waals surface area contributed by atoms with Crippen molar-refractivity contribution in [1.29, 1.82) is 0 Å². The second kappa shape index (κ2) is 12.4. The lowest BCUT2D eigenvalue weighted by atomic mass is 10.1. The summed E-state index contributed by atoms with van der Waals surface area (Å²) in [5, 5.41) is 4.58. The molecule has 0 radical (unpaired) electrons. The summed E-state index contributed by atoms with van der Waals surface area (Å²) in [6.07, 6.45) is 1.77. The largest absolute Gasteiger partial charge is 0.493 e. The molecule has 38 heavy (non-hydrogen) atoms. The number of amides is 1. The van der Waals surface area contributed by atoms with Gasteiger partial charge in [0.15, 0.2) is 5.13 Å². The van der Waals surface area contributed by atoms with E-state index in [9.17, 15) is 18.6 Å². The molecule has 0 saturated heterocycles. The molecule has 3 aromatic rings. The van der Waals surface area contributed by atoms with Gasteiger partial charge < -0.3 is 23.6 Å². The first-order valence-corrected chi connectivity index (χ1v) is 14.8. The van der Waals surface area contributed by atoms with Crippen LogP contribution in [0.3, 0.4) is 0 Å². The second-order valence-corrected chi connectivity index (χ2v) is 11.6. The maximum atomic E-state index is 14.0. The number of nitrogens with one attached hydrogen (secondary N) is 1. The van der Waals surface area contributed by atoms with Crippen LogP contribution in [0.15, 0.2) is 47.8 Å². The fourth-order valence-electron chi connectivity index (χ4n) is 3.81. The molecule has 1 fully saturated rings. The molecule has 1 atom stereocenters. The molecule has 0 spiro atoms. The second-order valence-electron chi connectivity index (χ2n) is 8.91. The normalized spacial score (nSPS) is 15.5. The number of thiazole rings is 1. The predicted octanol–water partition coefficient (Wildman–Crippen LogP) is 5.44. The Hall–Kier alpha value is -2.82. The van der Waals surface area contributed by atoms with E-state index >= 15 is 0 Å². The molecule has 2 N–H and O–H groups in total. The summed E-state index contributed by atoms with van der Waals surface area (Å²) < 4.78 is 48.2. The standard InChI is InChI=1S/C26H30FN2O7PS/c1-3-35-37(31,32)15-20-16-38-25(28-20)29-24(30)19-12-21(34-11-8-18-6-4-5-7-23(18)27)14-22(13-19)36-26(9-10-26)17-33-2/h4-7,12-14,16H,3,8-11,15,17H2,1-2H3,(H,31,32)(H,28,29,30). The van der Waals surface area contributed by atoms with Gasteiger partial charge in [-0.1, -0.05) is 18.2 Å². The van der Waals surface area contributed by atoms with Gasteiger partial charge in [-0.25, -0.2) is 9.37 Å². The minimum absolute atomic E-state index is 0.107. The van der Waals surface area contributed by atoms with Crippen molar-refractivity contribution in [3.63, 3.8) is 0 Å². The van der Waals surface area contributed by atoms with E-state index in [-0.39, 0.29) is 35.9 Å². The van der Waals surface area contributed by atoms with E-state index < -0.39 is 19.1 Å². The van der Waals surface area contributed by atoms with Crippen molar-refractivity contribution in [3.8, 4) is 11.5 Å². The molecule has 1 aliphatic rings. The Labute approximate surface area is 224 Å². The zero-order chi connectivity index (χ0) is 27.2. The van der Waals surface area contributed by atoms with Crippen LogP contribution in [-0.4, -0.2) is 48.3 Å². The third-order valence-electron chi connectivity index (χ3n) is 5.75. The highest BCUT2D eigenvalue weighted by Gasteiger charge is 2.45. The molecule has 204 valence electrons. The summed E-state index contributed by atoms with van der Waals surface area (Å²) in [5.41, 5.74) is 0.716. The Kier molecular flexibility index (Phi) is 9.17. The topological polar surface area (TPSA) is 116 Å². The zero-order valence-corrected chi connectivity index (χ0v) is 22.9. The van der Waals surface area contributed by atoms with Gasteiger partial charge in [0, 0.05) is 30.5 Å². The van der Waals surface area contributed by atoms with Crippen LogP contribution in [0.2, 0.25) is 0 Å². The minimum atomic E-state index is -3.80. The summed E-state index contributed by atoms with van der Waals surface area (Å²) in [5.74, 6) is 0.0924. The van der Waals surface area contributed by atoms with Gasteiger partial charge in [0.2, 0.25) is 0 Å². The van der Waals surface area contributed by atoms with Crippen LogP contribution in [0, 0.1) is 5.82 Å². The van der Waals surface area contributed by atoms with Gasteiger partial charge in [0.1, 0.15) is 22.9 Å². The molecule has 1 amide bonds. The molecular weight excluding hydrogens is 534 g/mol. The lowest BCUT2D eigenvalue weighted by molar-refractivity contribution is 0.0636. The first kappa shape index (κ1) is 28.2. The number of carbonyl (C=O) groups excluding carboxylic acids is 1. The molecule has 1 aromatic heterocycles. The third kappa shape index (κ3) is 7.85. The Morgan fingerprint density at radius 2 is 2.00 bits per heavy atom.